The highest BCUT2D eigenvalue weighted by atomic mass is 16.5. The van der Waals surface area contributed by atoms with Crippen molar-refractivity contribution >= 4 is 5.69 Å². The van der Waals surface area contributed by atoms with Crippen molar-refractivity contribution in [2.24, 2.45) is 5.92 Å². The Labute approximate surface area is 105 Å². The maximum absolute atomic E-state index is 5.41. The van der Waals surface area contributed by atoms with Crippen LogP contribution in [0.15, 0.2) is 24.3 Å². The molecule has 96 valence electrons. The lowest BCUT2D eigenvalue weighted by molar-refractivity contribution is 0.340. The molecule has 1 aromatic rings. The van der Waals surface area contributed by atoms with E-state index in [9.17, 15) is 0 Å². The van der Waals surface area contributed by atoms with Gasteiger partial charge in [-0.05, 0) is 50.7 Å². The highest BCUT2D eigenvalue weighted by molar-refractivity contribution is 5.46. The Morgan fingerprint density at radius 1 is 1.12 bits per heavy atom. The molecular weight excluding hydrogens is 212 g/mol. The van der Waals surface area contributed by atoms with Crippen LogP contribution in [0.5, 0.6) is 5.75 Å². The minimum atomic E-state index is 0.673. The zero-order valence-corrected chi connectivity index (χ0v) is 11.1. The molecule has 0 bridgehead atoms. The van der Waals surface area contributed by atoms with Crippen LogP contribution in [-0.2, 0) is 0 Å². The fraction of sp³-hybridized carbons (Fsp3) is 0.571. The second-order valence-corrected chi connectivity index (χ2v) is 4.17. The van der Waals surface area contributed by atoms with Gasteiger partial charge < -0.3 is 15.4 Å². The largest absolute Gasteiger partial charge is 0.494 e. The summed E-state index contributed by atoms with van der Waals surface area (Å²) in [6.07, 6.45) is 1.19. The van der Waals surface area contributed by atoms with E-state index in [1.165, 1.54) is 6.42 Å². The zero-order valence-electron chi connectivity index (χ0n) is 11.1. The smallest absolute Gasteiger partial charge is 0.119 e. The van der Waals surface area contributed by atoms with Gasteiger partial charge in [-0.15, -0.1) is 0 Å². The molecule has 17 heavy (non-hydrogen) atoms. The summed E-state index contributed by atoms with van der Waals surface area (Å²) in [5.41, 5.74) is 1.16. The van der Waals surface area contributed by atoms with Crippen molar-refractivity contribution in [3.05, 3.63) is 24.3 Å². The quantitative estimate of drug-likeness (QED) is 0.728. The van der Waals surface area contributed by atoms with Crippen LogP contribution in [0.3, 0.4) is 0 Å². The van der Waals surface area contributed by atoms with Crippen molar-refractivity contribution in [2.75, 3.05) is 32.1 Å². The first kappa shape index (κ1) is 13.8. The van der Waals surface area contributed by atoms with Gasteiger partial charge in [-0.3, -0.25) is 0 Å². The number of anilines is 1. The lowest BCUT2D eigenvalue weighted by Crippen LogP contribution is -2.24. The standard InChI is InChI=1S/C14H24N2O/c1-4-12(10-15-3)11-16-13-6-8-14(9-7-13)17-5-2/h6-9,12,15-16H,4-5,10-11H2,1-3H3. The molecule has 1 aromatic carbocycles. The molecule has 0 fully saturated rings. The van der Waals surface area contributed by atoms with Crippen molar-refractivity contribution in [1.82, 2.24) is 5.32 Å². The summed E-state index contributed by atoms with van der Waals surface area (Å²) < 4.78 is 5.41. The number of benzene rings is 1. The van der Waals surface area contributed by atoms with Gasteiger partial charge in [0, 0.05) is 12.2 Å². The molecule has 0 amide bonds. The molecule has 0 spiro atoms. The Kier molecular flexibility index (Phi) is 6.48. The number of hydrogen-bond donors (Lipinski definition) is 2. The summed E-state index contributed by atoms with van der Waals surface area (Å²) in [4.78, 5) is 0. The molecule has 0 aliphatic heterocycles. The molecule has 1 unspecified atom stereocenters. The molecule has 0 radical (unpaired) electrons. The first-order valence-corrected chi connectivity index (χ1v) is 6.41. The van der Waals surface area contributed by atoms with E-state index in [-0.39, 0.29) is 0 Å². The molecule has 2 N–H and O–H groups in total. The molecule has 0 heterocycles. The van der Waals surface area contributed by atoms with Gasteiger partial charge in [-0.1, -0.05) is 13.3 Å². The van der Waals surface area contributed by atoms with Gasteiger partial charge >= 0.3 is 0 Å². The third kappa shape index (κ3) is 5.09. The maximum Gasteiger partial charge on any atom is 0.119 e. The van der Waals surface area contributed by atoms with E-state index in [0.717, 1.165) is 24.5 Å². The average molecular weight is 236 g/mol. The average Bonchev–Trinajstić information content (AvgIpc) is 2.36. The van der Waals surface area contributed by atoms with E-state index in [0.29, 0.717) is 12.5 Å². The first-order chi connectivity index (χ1) is 8.30. The fourth-order valence-electron chi connectivity index (χ4n) is 1.75. The van der Waals surface area contributed by atoms with Crippen molar-refractivity contribution in [3.8, 4) is 5.75 Å². The van der Waals surface area contributed by atoms with Crippen molar-refractivity contribution < 1.29 is 4.74 Å². The van der Waals surface area contributed by atoms with Gasteiger partial charge in [0.2, 0.25) is 0 Å². The van der Waals surface area contributed by atoms with E-state index >= 15 is 0 Å². The van der Waals surface area contributed by atoms with Crippen LogP contribution in [0.25, 0.3) is 0 Å². The van der Waals surface area contributed by atoms with Crippen LogP contribution in [0.2, 0.25) is 0 Å². The van der Waals surface area contributed by atoms with E-state index < -0.39 is 0 Å². The summed E-state index contributed by atoms with van der Waals surface area (Å²) in [6.45, 7) is 7.00. The minimum absolute atomic E-state index is 0.673. The van der Waals surface area contributed by atoms with Crippen molar-refractivity contribution in [3.63, 3.8) is 0 Å². The molecule has 0 aliphatic rings. The van der Waals surface area contributed by atoms with Crippen LogP contribution >= 0.6 is 0 Å². The molecule has 0 saturated carbocycles. The molecule has 3 nitrogen and oxygen atoms in total. The predicted octanol–water partition coefficient (Wildman–Crippen LogP) is 2.74. The van der Waals surface area contributed by atoms with E-state index in [1.54, 1.807) is 0 Å². The van der Waals surface area contributed by atoms with Gasteiger partial charge in [0.15, 0.2) is 0 Å². The van der Waals surface area contributed by atoms with Gasteiger partial charge in [0.05, 0.1) is 6.61 Å². The Morgan fingerprint density at radius 2 is 1.82 bits per heavy atom. The third-order valence-electron chi connectivity index (χ3n) is 2.83. The molecule has 1 rings (SSSR count). The molecule has 0 aliphatic carbocycles. The Hall–Kier alpha value is -1.22. The van der Waals surface area contributed by atoms with Crippen LogP contribution in [0.4, 0.5) is 5.69 Å². The Morgan fingerprint density at radius 3 is 2.35 bits per heavy atom. The van der Waals surface area contributed by atoms with E-state index in [2.05, 4.69) is 29.7 Å². The summed E-state index contributed by atoms with van der Waals surface area (Å²) in [7, 11) is 2.00. The molecule has 3 heteroatoms. The van der Waals surface area contributed by atoms with Crippen LogP contribution in [0.1, 0.15) is 20.3 Å². The van der Waals surface area contributed by atoms with Gasteiger partial charge in [-0.25, -0.2) is 0 Å². The number of rotatable bonds is 8. The lowest BCUT2D eigenvalue weighted by atomic mass is 10.1. The summed E-state index contributed by atoms with van der Waals surface area (Å²) in [5, 5.41) is 6.68. The Balaban J connectivity index is 2.40. The van der Waals surface area contributed by atoms with Crippen LogP contribution < -0.4 is 15.4 Å². The summed E-state index contributed by atoms with van der Waals surface area (Å²) >= 11 is 0. The number of ether oxygens (including phenoxy) is 1. The van der Waals surface area contributed by atoms with Crippen molar-refractivity contribution in [1.29, 1.82) is 0 Å². The van der Waals surface area contributed by atoms with E-state index in [1.807, 2.05) is 26.1 Å². The summed E-state index contributed by atoms with van der Waals surface area (Å²) in [6, 6.07) is 8.14. The normalized spacial score (nSPS) is 12.2. The SMILES string of the molecule is CCOc1ccc(NCC(CC)CNC)cc1. The highest BCUT2D eigenvalue weighted by Gasteiger charge is 2.04. The highest BCUT2D eigenvalue weighted by Crippen LogP contribution is 2.16. The van der Waals surface area contributed by atoms with Crippen LogP contribution in [-0.4, -0.2) is 26.7 Å². The first-order valence-electron chi connectivity index (χ1n) is 6.41. The zero-order chi connectivity index (χ0) is 12.5. The molecular formula is C14H24N2O. The summed E-state index contributed by atoms with van der Waals surface area (Å²) in [5.74, 6) is 1.60. The van der Waals surface area contributed by atoms with E-state index in [4.69, 9.17) is 4.74 Å². The number of nitrogens with one attached hydrogen (secondary N) is 2. The fourth-order valence-corrected chi connectivity index (χ4v) is 1.75. The monoisotopic (exact) mass is 236 g/mol. The second kappa shape index (κ2) is 7.96. The third-order valence-corrected chi connectivity index (χ3v) is 2.83. The molecule has 0 aromatic heterocycles. The maximum atomic E-state index is 5.41. The Bertz CT molecular complexity index is 298. The molecule has 1 atom stereocenters. The predicted molar refractivity (Wildman–Crippen MR) is 73.8 cm³/mol. The lowest BCUT2D eigenvalue weighted by Gasteiger charge is -2.16. The molecule has 0 saturated heterocycles. The van der Waals surface area contributed by atoms with Crippen LogP contribution in [0, 0.1) is 5.92 Å². The van der Waals surface area contributed by atoms with Gasteiger partial charge in [-0.2, -0.15) is 0 Å². The number of hydrogen-bond acceptors (Lipinski definition) is 3. The van der Waals surface area contributed by atoms with Gasteiger partial charge in [0.25, 0.3) is 0 Å². The minimum Gasteiger partial charge on any atom is -0.494 e. The van der Waals surface area contributed by atoms with Gasteiger partial charge in [0.1, 0.15) is 5.75 Å². The van der Waals surface area contributed by atoms with Crippen molar-refractivity contribution in [2.45, 2.75) is 20.3 Å². The topological polar surface area (TPSA) is 33.3 Å². The second-order valence-electron chi connectivity index (χ2n) is 4.17.